The van der Waals surface area contributed by atoms with Gasteiger partial charge in [-0.05, 0) is 0 Å². The van der Waals surface area contributed by atoms with Crippen LogP contribution in [0, 0.1) is 0 Å². The summed E-state index contributed by atoms with van der Waals surface area (Å²) in [5.41, 5.74) is 0. The van der Waals surface area contributed by atoms with E-state index in [0.717, 1.165) is 0 Å². The van der Waals surface area contributed by atoms with Gasteiger partial charge in [-0.3, -0.25) is 4.55 Å². The summed E-state index contributed by atoms with van der Waals surface area (Å²) in [4.78, 5) is 9.80. The first kappa shape index (κ1) is 10.2. The fourth-order valence-electron chi connectivity index (χ4n) is 0.292. The van der Waals surface area contributed by atoms with Crippen molar-refractivity contribution >= 4 is 16.3 Å². The van der Waals surface area contributed by atoms with E-state index in [1.54, 1.807) is 0 Å². The molecule has 1 aliphatic rings. The summed E-state index contributed by atoms with van der Waals surface area (Å²) in [6, 6.07) is 0. The SMILES string of the molecule is CS(=O)(=O)O.O=C1OCCO1. The van der Waals surface area contributed by atoms with Crippen molar-refractivity contribution in [2.45, 2.75) is 0 Å². The van der Waals surface area contributed by atoms with E-state index in [2.05, 4.69) is 9.47 Å². The largest absolute Gasteiger partial charge is 0.508 e. The van der Waals surface area contributed by atoms with Gasteiger partial charge in [0.1, 0.15) is 13.2 Å². The number of hydrogen-bond acceptors (Lipinski definition) is 5. The van der Waals surface area contributed by atoms with Crippen LogP contribution in [0.25, 0.3) is 0 Å². The van der Waals surface area contributed by atoms with Crippen molar-refractivity contribution in [2.24, 2.45) is 0 Å². The molecule has 0 bridgehead atoms. The lowest BCUT2D eigenvalue weighted by Gasteiger charge is -1.78. The van der Waals surface area contributed by atoms with Crippen molar-refractivity contribution in [2.75, 3.05) is 19.5 Å². The molecule has 0 aromatic rings. The van der Waals surface area contributed by atoms with Crippen LogP contribution >= 0.6 is 0 Å². The highest BCUT2D eigenvalue weighted by Crippen LogP contribution is 1.92. The van der Waals surface area contributed by atoms with Crippen molar-refractivity contribution in [1.82, 2.24) is 0 Å². The fraction of sp³-hybridized carbons (Fsp3) is 0.750. The molecule has 0 aromatic heterocycles. The first-order valence-corrected chi connectivity index (χ1v) is 4.46. The lowest BCUT2D eigenvalue weighted by molar-refractivity contribution is 0.131. The summed E-state index contributed by atoms with van der Waals surface area (Å²) in [5.74, 6) is 0. The highest BCUT2D eigenvalue weighted by molar-refractivity contribution is 7.85. The quantitative estimate of drug-likeness (QED) is 0.409. The molecule has 0 aliphatic carbocycles. The highest BCUT2D eigenvalue weighted by Gasteiger charge is 2.09. The summed E-state index contributed by atoms with van der Waals surface area (Å²) in [7, 11) is -3.67. The van der Waals surface area contributed by atoms with Gasteiger partial charge in [-0.25, -0.2) is 4.79 Å². The third-order valence-corrected chi connectivity index (χ3v) is 0.523. The Morgan fingerprint density at radius 2 is 1.64 bits per heavy atom. The Kier molecular flexibility index (Phi) is 3.83. The Bertz CT molecular complexity index is 201. The van der Waals surface area contributed by atoms with Gasteiger partial charge in [0.05, 0.1) is 6.26 Å². The van der Waals surface area contributed by atoms with Crippen molar-refractivity contribution in [3.63, 3.8) is 0 Å². The van der Waals surface area contributed by atoms with Gasteiger partial charge < -0.3 is 9.47 Å². The fourth-order valence-corrected chi connectivity index (χ4v) is 0.292. The highest BCUT2D eigenvalue weighted by atomic mass is 32.2. The molecule has 66 valence electrons. The minimum Gasteiger partial charge on any atom is -0.431 e. The monoisotopic (exact) mass is 184 g/mol. The van der Waals surface area contributed by atoms with E-state index in [0.29, 0.717) is 19.5 Å². The molecule has 1 heterocycles. The minimum absolute atomic E-state index is 0.416. The molecule has 0 saturated carbocycles. The van der Waals surface area contributed by atoms with E-state index in [1.807, 2.05) is 0 Å². The summed E-state index contributed by atoms with van der Waals surface area (Å²) >= 11 is 0. The number of rotatable bonds is 0. The molecular weight excluding hydrogens is 176 g/mol. The third kappa shape index (κ3) is 12.4. The van der Waals surface area contributed by atoms with Crippen LogP contribution in [0.4, 0.5) is 4.79 Å². The number of hydrogen-bond donors (Lipinski definition) is 1. The Balaban J connectivity index is 0.000000187. The molecule has 1 rings (SSSR count). The van der Waals surface area contributed by atoms with E-state index >= 15 is 0 Å². The maximum atomic E-state index is 9.80. The molecule has 1 saturated heterocycles. The molecule has 0 amide bonds. The molecule has 1 aliphatic heterocycles. The average molecular weight is 184 g/mol. The van der Waals surface area contributed by atoms with Gasteiger partial charge in [0, 0.05) is 0 Å². The summed E-state index contributed by atoms with van der Waals surface area (Å²) in [6.07, 6.45) is 0.169. The number of carbonyl (C=O) groups is 1. The van der Waals surface area contributed by atoms with Crippen LogP contribution in [0.5, 0.6) is 0 Å². The van der Waals surface area contributed by atoms with Crippen LogP contribution < -0.4 is 0 Å². The maximum Gasteiger partial charge on any atom is 0.508 e. The van der Waals surface area contributed by atoms with Crippen LogP contribution in [-0.2, 0) is 19.6 Å². The second kappa shape index (κ2) is 4.14. The molecule has 0 atom stereocenters. The van der Waals surface area contributed by atoms with E-state index in [-0.39, 0.29) is 0 Å². The van der Waals surface area contributed by atoms with Crippen molar-refractivity contribution in [1.29, 1.82) is 0 Å². The summed E-state index contributed by atoms with van der Waals surface area (Å²) in [5, 5.41) is 0. The number of cyclic esters (lactones) is 2. The Morgan fingerprint density at radius 3 is 1.73 bits per heavy atom. The van der Waals surface area contributed by atoms with Crippen LogP contribution in [-0.4, -0.2) is 38.6 Å². The van der Waals surface area contributed by atoms with E-state index in [4.69, 9.17) is 4.55 Å². The van der Waals surface area contributed by atoms with Crippen LogP contribution in [0.3, 0.4) is 0 Å². The van der Waals surface area contributed by atoms with Crippen molar-refractivity contribution in [3.05, 3.63) is 0 Å². The number of carbonyl (C=O) groups excluding carboxylic acids is 1. The zero-order chi connectivity index (χ0) is 8.91. The van der Waals surface area contributed by atoms with Gasteiger partial charge in [-0.1, -0.05) is 0 Å². The lowest BCUT2D eigenvalue weighted by atomic mass is 10.8. The van der Waals surface area contributed by atoms with Crippen LogP contribution in [0.1, 0.15) is 0 Å². The molecule has 0 aromatic carbocycles. The minimum atomic E-state index is -3.67. The van der Waals surface area contributed by atoms with Crippen molar-refractivity contribution in [3.8, 4) is 0 Å². The second-order valence-corrected chi connectivity index (χ2v) is 3.15. The maximum absolute atomic E-state index is 9.80. The molecule has 1 fully saturated rings. The lowest BCUT2D eigenvalue weighted by Crippen LogP contribution is -1.88. The second-order valence-electron chi connectivity index (χ2n) is 1.68. The van der Waals surface area contributed by atoms with E-state index in [1.165, 1.54) is 0 Å². The van der Waals surface area contributed by atoms with E-state index < -0.39 is 16.3 Å². The smallest absolute Gasteiger partial charge is 0.431 e. The topological polar surface area (TPSA) is 89.9 Å². The number of ether oxygens (including phenoxy) is 2. The van der Waals surface area contributed by atoms with Gasteiger partial charge in [0.15, 0.2) is 0 Å². The summed E-state index contributed by atoms with van der Waals surface area (Å²) in [6.45, 7) is 0.831. The average Bonchev–Trinajstić information content (AvgIpc) is 2.12. The molecular formula is C4H8O6S. The zero-order valence-electron chi connectivity index (χ0n) is 5.81. The van der Waals surface area contributed by atoms with Gasteiger partial charge in [0.2, 0.25) is 0 Å². The van der Waals surface area contributed by atoms with Gasteiger partial charge in [0.25, 0.3) is 10.1 Å². The van der Waals surface area contributed by atoms with Gasteiger partial charge in [-0.15, -0.1) is 0 Å². The standard InChI is InChI=1S/C3H4O3.CH4O3S/c4-3-5-1-2-6-3;1-5(2,3)4/h1-2H2;1H3,(H,2,3,4). The third-order valence-electron chi connectivity index (χ3n) is 0.523. The van der Waals surface area contributed by atoms with Crippen molar-refractivity contribution < 1.29 is 27.2 Å². The zero-order valence-corrected chi connectivity index (χ0v) is 6.63. The first-order valence-electron chi connectivity index (χ1n) is 2.61. The Hall–Kier alpha value is -0.820. The molecule has 0 radical (unpaired) electrons. The first-order chi connectivity index (χ1) is 4.89. The van der Waals surface area contributed by atoms with Gasteiger partial charge in [-0.2, -0.15) is 8.42 Å². The molecule has 11 heavy (non-hydrogen) atoms. The normalized spacial score (nSPS) is 16.0. The predicted octanol–water partition coefficient (Wildman–Crippen LogP) is -0.343. The molecule has 1 N–H and O–H groups in total. The summed E-state index contributed by atoms with van der Waals surface area (Å²) < 4.78 is 34.5. The van der Waals surface area contributed by atoms with Crippen LogP contribution in [0.2, 0.25) is 0 Å². The Labute approximate surface area is 63.9 Å². The molecule has 7 heteroatoms. The molecule has 0 spiro atoms. The predicted molar refractivity (Wildman–Crippen MR) is 34.8 cm³/mol. The molecule has 0 unspecified atom stereocenters. The van der Waals surface area contributed by atoms with E-state index in [9.17, 15) is 13.2 Å². The van der Waals surface area contributed by atoms with Gasteiger partial charge >= 0.3 is 6.16 Å². The molecule has 6 nitrogen and oxygen atoms in total. The Morgan fingerprint density at radius 1 is 1.36 bits per heavy atom. The van der Waals surface area contributed by atoms with Crippen LogP contribution in [0.15, 0.2) is 0 Å².